The Balaban J connectivity index is 1.52. The van der Waals surface area contributed by atoms with Crippen molar-refractivity contribution >= 4 is 33.7 Å². The Morgan fingerprint density at radius 2 is 1.96 bits per heavy atom. The Morgan fingerprint density at radius 3 is 2.70 bits per heavy atom. The number of amides is 1. The minimum Gasteiger partial charge on any atom is -0.464 e. The van der Waals surface area contributed by atoms with Crippen molar-refractivity contribution < 1.29 is 22.7 Å². The van der Waals surface area contributed by atoms with Crippen molar-refractivity contribution in [3.8, 4) is 11.3 Å². The van der Waals surface area contributed by atoms with Crippen molar-refractivity contribution in [2.24, 2.45) is 0 Å². The molecule has 0 spiro atoms. The number of anilines is 1. The van der Waals surface area contributed by atoms with Crippen LogP contribution in [0.25, 0.3) is 33.3 Å². The highest BCUT2D eigenvalue weighted by Gasteiger charge is 2.30. The van der Waals surface area contributed by atoms with Crippen molar-refractivity contribution in [2.75, 3.05) is 38.3 Å². The number of benzene rings is 1. The first-order valence-electron chi connectivity index (χ1n) is 15.5. The van der Waals surface area contributed by atoms with Crippen molar-refractivity contribution in [1.82, 2.24) is 24.4 Å². The molecular weight excluding hydrogens is 606 g/mol. The zero-order valence-corrected chi connectivity index (χ0v) is 27.0. The van der Waals surface area contributed by atoms with E-state index in [0.717, 1.165) is 16.8 Å². The molecule has 1 aromatic carbocycles. The Labute approximate surface area is 270 Å². The number of rotatable bonds is 8. The summed E-state index contributed by atoms with van der Waals surface area (Å²) in [6.45, 7) is 9.35. The molecule has 1 saturated heterocycles. The molecule has 1 atom stereocenters. The van der Waals surface area contributed by atoms with Gasteiger partial charge in [0.2, 0.25) is 5.91 Å². The van der Waals surface area contributed by atoms with Gasteiger partial charge in [-0.2, -0.15) is 4.98 Å². The average Bonchev–Trinajstić information content (AvgIpc) is 3.52. The van der Waals surface area contributed by atoms with E-state index in [1.807, 2.05) is 38.7 Å². The minimum absolute atomic E-state index is 0.0647. The topological polar surface area (TPSA) is 107 Å². The monoisotopic (exact) mass is 642 g/mol. The van der Waals surface area contributed by atoms with Crippen LogP contribution >= 0.6 is 0 Å². The molecule has 0 aliphatic carbocycles. The van der Waals surface area contributed by atoms with E-state index < -0.39 is 17.3 Å². The summed E-state index contributed by atoms with van der Waals surface area (Å²) in [5.74, 6) is -1.34. The van der Waals surface area contributed by atoms with Gasteiger partial charge in [-0.25, -0.2) is 18.6 Å². The summed E-state index contributed by atoms with van der Waals surface area (Å²) in [6, 6.07) is 7.31. The third kappa shape index (κ3) is 6.00. The van der Waals surface area contributed by atoms with E-state index in [9.17, 15) is 9.59 Å². The number of carbonyl (C=O) groups is 1. The molecule has 0 saturated carbocycles. The smallest absolute Gasteiger partial charge is 0.351 e. The van der Waals surface area contributed by atoms with Gasteiger partial charge in [0.15, 0.2) is 5.82 Å². The quantitative estimate of drug-likeness (QED) is 0.202. The third-order valence-electron chi connectivity index (χ3n) is 8.61. The number of halogens is 2. The van der Waals surface area contributed by atoms with E-state index in [2.05, 4.69) is 15.0 Å². The second-order valence-corrected chi connectivity index (χ2v) is 12.1. The van der Waals surface area contributed by atoms with Crippen molar-refractivity contribution in [1.29, 1.82) is 0 Å². The molecule has 0 radical (unpaired) electrons. The highest BCUT2D eigenvalue weighted by molar-refractivity contribution is 5.95. The number of hydrogen-bond donors (Lipinski definition) is 0. The van der Waals surface area contributed by atoms with E-state index in [-0.39, 0.29) is 58.1 Å². The van der Waals surface area contributed by atoms with Gasteiger partial charge in [0.05, 0.1) is 30.4 Å². The molecular formula is C35H36F2N6O4. The first-order valence-corrected chi connectivity index (χ1v) is 15.5. The van der Waals surface area contributed by atoms with Crippen LogP contribution in [0.3, 0.4) is 0 Å². The maximum Gasteiger partial charge on any atom is 0.351 e. The van der Waals surface area contributed by atoms with Crippen molar-refractivity contribution in [3.63, 3.8) is 0 Å². The van der Waals surface area contributed by atoms with E-state index in [0.29, 0.717) is 31.6 Å². The van der Waals surface area contributed by atoms with Crippen molar-refractivity contribution in [2.45, 2.75) is 46.2 Å². The van der Waals surface area contributed by atoms with Crippen LogP contribution < -0.4 is 10.6 Å². The molecule has 6 rings (SSSR count). The Kier molecular flexibility index (Phi) is 8.87. The van der Waals surface area contributed by atoms with E-state index >= 15 is 8.78 Å². The summed E-state index contributed by atoms with van der Waals surface area (Å²) in [5.41, 5.74) is 1.86. The third-order valence-corrected chi connectivity index (χ3v) is 8.61. The number of piperazine rings is 1. The second-order valence-electron chi connectivity index (χ2n) is 12.1. The number of aromatic nitrogens is 4. The van der Waals surface area contributed by atoms with Gasteiger partial charge in [0, 0.05) is 56.1 Å². The van der Waals surface area contributed by atoms with Crippen LogP contribution in [0.5, 0.6) is 0 Å². The highest BCUT2D eigenvalue weighted by Crippen LogP contribution is 2.36. The Hall–Kier alpha value is -4.97. The van der Waals surface area contributed by atoms with Gasteiger partial charge in [-0.3, -0.25) is 14.3 Å². The average molecular weight is 643 g/mol. The fourth-order valence-corrected chi connectivity index (χ4v) is 6.21. The number of aryl methyl sites for hydroxylation is 1. The number of ether oxygens (including phenoxy) is 1. The van der Waals surface area contributed by atoms with Crippen LogP contribution in [0.4, 0.5) is 14.6 Å². The van der Waals surface area contributed by atoms with Gasteiger partial charge in [0.25, 0.3) is 0 Å². The SMILES string of the molecule is COC/C=C/C(=O)N1CCN(c2nc(=O)n(Cc3c(C)ccnc3C(C)C)c3nc(-c4c(F)ccc5ccoc45)c(F)cc23)[C@@H](C)C1. The predicted octanol–water partition coefficient (Wildman–Crippen LogP) is 5.60. The van der Waals surface area contributed by atoms with Gasteiger partial charge in [-0.05, 0) is 61.2 Å². The number of pyridine rings is 2. The maximum atomic E-state index is 16.2. The van der Waals surface area contributed by atoms with Gasteiger partial charge >= 0.3 is 5.69 Å². The summed E-state index contributed by atoms with van der Waals surface area (Å²) in [7, 11) is 1.55. The molecule has 1 aliphatic rings. The lowest BCUT2D eigenvalue weighted by molar-refractivity contribution is -0.126. The molecule has 1 fully saturated rings. The minimum atomic E-state index is -0.793. The number of carbonyl (C=O) groups excluding carboxylic acids is 1. The Bertz CT molecular complexity index is 2070. The van der Waals surface area contributed by atoms with Crippen LogP contribution in [0.1, 0.15) is 43.5 Å². The zero-order chi connectivity index (χ0) is 33.4. The summed E-state index contributed by atoms with van der Waals surface area (Å²) in [6.07, 6.45) is 6.27. The van der Waals surface area contributed by atoms with Crippen LogP contribution in [0, 0.1) is 18.6 Å². The van der Waals surface area contributed by atoms with E-state index in [1.54, 1.807) is 36.4 Å². The lowest BCUT2D eigenvalue weighted by Crippen LogP contribution is -2.54. The number of methoxy groups -OCH3 is 1. The lowest BCUT2D eigenvalue weighted by Gasteiger charge is -2.40. The fourth-order valence-electron chi connectivity index (χ4n) is 6.21. The van der Waals surface area contributed by atoms with Gasteiger partial charge in [0.1, 0.15) is 28.6 Å². The number of furan rings is 1. The number of fused-ring (bicyclic) bond motifs is 2. The molecule has 47 heavy (non-hydrogen) atoms. The van der Waals surface area contributed by atoms with Gasteiger partial charge in [-0.1, -0.05) is 19.9 Å². The molecule has 0 N–H and O–H groups in total. The molecule has 244 valence electrons. The van der Waals surface area contributed by atoms with Crippen LogP contribution in [-0.4, -0.2) is 69.7 Å². The molecule has 1 amide bonds. The summed E-state index contributed by atoms with van der Waals surface area (Å²) in [5, 5.41) is 0.874. The van der Waals surface area contributed by atoms with Crippen molar-refractivity contribution in [3.05, 3.63) is 93.9 Å². The summed E-state index contributed by atoms with van der Waals surface area (Å²) < 4.78 is 43.5. The standard InChI is InChI=1S/C35H36F2N6O4/c1-20(2)30-25(21(3)10-12-38-30)19-43-33-24(17-27(37)31(39-33)29-26(36)9-8-23-11-16-47-32(23)29)34(40-35(43)45)42-14-13-41(18-22(42)4)28(44)7-6-15-46-5/h6-12,16-17,20,22H,13-15,18-19H2,1-5H3/b7-6+/t22-/m0/s1. The largest absolute Gasteiger partial charge is 0.464 e. The van der Waals surface area contributed by atoms with Crippen LogP contribution in [-0.2, 0) is 16.1 Å². The summed E-state index contributed by atoms with van der Waals surface area (Å²) >= 11 is 0. The number of hydrogen-bond acceptors (Lipinski definition) is 8. The van der Waals surface area contributed by atoms with Gasteiger partial charge in [-0.15, -0.1) is 0 Å². The lowest BCUT2D eigenvalue weighted by atomic mass is 9.99. The van der Waals surface area contributed by atoms with Crippen LogP contribution in [0.15, 0.2) is 64.2 Å². The summed E-state index contributed by atoms with van der Waals surface area (Å²) in [4.78, 5) is 44.1. The first-order chi connectivity index (χ1) is 22.6. The fraction of sp³-hybridized carbons (Fsp3) is 0.343. The number of nitrogens with zero attached hydrogens (tertiary/aromatic N) is 6. The van der Waals surface area contributed by atoms with E-state index in [1.165, 1.54) is 29.0 Å². The molecule has 0 bridgehead atoms. The normalized spacial score (nSPS) is 15.5. The van der Waals surface area contributed by atoms with Crippen LogP contribution in [0.2, 0.25) is 0 Å². The second kappa shape index (κ2) is 13.0. The molecule has 12 heteroatoms. The Morgan fingerprint density at radius 1 is 1.15 bits per heavy atom. The first kappa shape index (κ1) is 32.0. The molecule has 5 heterocycles. The molecule has 10 nitrogen and oxygen atoms in total. The molecule has 1 aliphatic heterocycles. The molecule has 4 aromatic heterocycles. The molecule has 0 unspecified atom stereocenters. The molecule has 5 aromatic rings. The van der Waals surface area contributed by atoms with Gasteiger partial charge < -0.3 is 19.0 Å². The maximum absolute atomic E-state index is 16.2. The highest BCUT2D eigenvalue weighted by atomic mass is 19.1. The predicted molar refractivity (Wildman–Crippen MR) is 175 cm³/mol. The zero-order valence-electron chi connectivity index (χ0n) is 27.0. The van der Waals surface area contributed by atoms with E-state index in [4.69, 9.17) is 9.15 Å².